The maximum Gasteiger partial charge on any atom is 0.115 e. The molecule has 3 nitrogen and oxygen atoms in total. The topological polar surface area (TPSA) is 35.0 Å². The number of rotatable bonds is 2. The molecule has 2 rings (SSSR count). The van der Waals surface area contributed by atoms with Gasteiger partial charge in [-0.05, 0) is 18.9 Å². The van der Waals surface area contributed by atoms with Crippen LogP contribution in [-0.2, 0) is 16.6 Å². The summed E-state index contributed by atoms with van der Waals surface area (Å²) in [4.78, 5) is 8.83. The summed E-state index contributed by atoms with van der Waals surface area (Å²) in [6, 6.07) is 0. The molecular weight excluding hydrogens is 200 g/mol. The second kappa shape index (κ2) is 4.13. The van der Waals surface area contributed by atoms with Gasteiger partial charge in [0.15, 0.2) is 0 Å². The third-order valence-corrected chi connectivity index (χ3v) is 3.09. The van der Waals surface area contributed by atoms with Crippen LogP contribution in [0.2, 0.25) is 0 Å². The highest BCUT2D eigenvalue weighted by Gasteiger charge is 2.24. The number of aromatic nitrogens is 2. The lowest BCUT2D eigenvalue weighted by Gasteiger charge is -2.27. The van der Waals surface area contributed by atoms with Gasteiger partial charge in [-0.15, -0.1) is 0 Å². The smallest absolute Gasteiger partial charge is 0.115 e. The van der Waals surface area contributed by atoms with E-state index in [1.165, 1.54) is 11.3 Å². The Morgan fingerprint density at radius 2 is 2.00 bits per heavy atom. The zero-order chi connectivity index (χ0) is 11.8. The maximum absolute atomic E-state index is 5.20. The molecule has 2 heterocycles. The van der Waals surface area contributed by atoms with E-state index in [4.69, 9.17) is 4.74 Å². The molecule has 16 heavy (non-hydrogen) atoms. The van der Waals surface area contributed by atoms with Gasteiger partial charge in [0.1, 0.15) is 6.33 Å². The quantitative estimate of drug-likeness (QED) is 0.767. The third kappa shape index (κ3) is 2.24. The summed E-state index contributed by atoms with van der Waals surface area (Å²) in [5.74, 6) is 0.654. The summed E-state index contributed by atoms with van der Waals surface area (Å²) in [6.45, 7) is 10.5. The van der Waals surface area contributed by atoms with E-state index >= 15 is 0 Å². The summed E-state index contributed by atoms with van der Waals surface area (Å²) in [5.41, 5.74) is 3.70. The van der Waals surface area contributed by atoms with Gasteiger partial charge in [0.25, 0.3) is 0 Å². The fourth-order valence-corrected chi connectivity index (χ4v) is 2.12. The van der Waals surface area contributed by atoms with Crippen LogP contribution in [0.3, 0.4) is 0 Å². The highest BCUT2D eigenvalue weighted by molar-refractivity contribution is 5.28. The molecule has 0 radical (unpaired) electrons. The molecule has 1 aromatic rings. The van der Waals surface area contributed by atoms with Gasteiger partial charge in [-0.25, -0.2) is 9.97 Å². The molecular formula is C13H20N2O. The van der Waals surface area contributed by atoms with Crippen molar-refractivity contribution in [1.82, 2.24) is 9.97 Å². The first kappa shape index (κ1) is 11.5. The molecule has 0 amide bonds. The van der Waals surface area contributed by atoms with Crippen molar-refractivity contribution in [2.45, 2.75) is 39.5 Å². The van der Waals surface area contributed by atoms with Crippen molar-refractivity contribution in [2.24, 2.45) is 5.92 Å². The number of ether oxygens (including phenoxy) is 1. The van der Waals surface area contributed by atoms with Gasteiger partial charge in [0.05, 0.1) is 18.9 Å². The standard InChI is InChI=1S/C13H20N2O/c1-9-11(5-10-6-16-7-10)14-8-15-12(9)13(2,3)4/h8,10H,5-7H2,1-4H3. The predicted octanol–water partition coefficient (Wildman–Crippen LogP) is 2.27. The summed E-state index contributed by atoms with van der Waals surface area (Å²) < 4.78 is 5.20. The number of hydrogen-bond acceptors (Lipinski definition) is 3. The Kier molecular flexibility index (Phi) is 2.98. The van der Waals surface area contributed by atoms with Gasteiger partial charge in [-0.3, -0.25) is 0 Å². The van der Waals surface area contributed by atoms with Crippen molar-refractivity contribution in [3.63, 3.8) is 0 Å². The fourth-order valence-electron chi connectivity index (χ4n) is 2.12. The number of hydrogen-bond donors (Lipinski definition) is 0. The van der Waals surface area contributed by atoms with Crippen molar-refractivity contribution in [3.05, 3.63) is 23.3 Å². The zero-order valence-electron chi connectivity index (χ0n) is 10.6. The monoisotopic (exact) mass is 220 g/mol. The van der Waals surface area contributed by atoms with E-state index in [1.54, 1.807) is 6.33 Å². The zero-order valence-corrected chi connectivity index (χ0v) is 10.6. The Morgan fingerprint density at radius 3 is 2.50 bits per heavy atom. The van der Waals surface area contributed by atoms with E-state index < -0.39 is 0 Å². The lowest BCUT2D eigenvalue weighted by atomic mass is 9.87. The van der Waals surface area contributed by atoms with Crippen LogP contribution in [0.25, 0.3) is 0 Å². The molecule has 1 aliphatic rings. The summed E-state index contributed by atoms with van der Waals surface area (Å²) in [7, 11) is 0. The van der Waals surface area contributed by atoms with Gasteiger partial charge >= 0.3 is 0 Å². The molecule has 0 spiro atoms. The van der Waals surface area contributed by atoms with E-state index in [-0.39, 0.29) is 5.41 Å². The molecule has 0 N–H and O–H groups in total. The molecule has 1 saturated heterocycles. The lowest BCUT2D eigenvalue weighted by molar-refractivity contribution is -0.0317. The maximum atomic E-state index is 5.20. The van der Waals surface area contributed by atoms with Crippen LogP contribution in [0.15, 0.2) is 6.33 Å². The van der Waals surface area contributed by atoms with Crippen molar-refractivity contribution in [1.29, 1.82) is 0 Å². The normalized spacial score (nSPS) is 17.2. The predicted molar refractivity (Wildman–Crippen MR) is 63.5 cm³/mol. The molecule has 0 aromatic carbocycles. The minimum absolute atomic E-state index is 0.0951. The van der Waals surface area contributed by atoms with Crippen LogP contribution in [0.5, 0.6) is 0 Å². The first-order valence-electron chi connectivity index (χ1n) is 5.87. The molecule has 3 heteroatoms. The van der Waals surface area contributed by atoms with Crippen LogP contribution in [0.4, 0.5) is 0 Å². The summed E-state index contributed by atoms with van der Waals surface area (Å²) in [6.07, 6.45) is 2.72. The number of nitrogens with zero attached hydrogens (tertiary/aromatic N) is 2. The van der Waals surface area contributed by atoms with E-state index in [2.05, 4.69) is 37.7 Å². The molecule has 0 aliphatic carbocycles. The van der Waals surface area contributed by atoms with Crippen LogP contribution >= 0.6 is 0 Å². The van der Waals surface area contributed by atoms with E-state index in [0.29, 0.717) is 5.92 Å². The largest absolute Gasteiger partial charge is 0.381 e. The van der Waals surface area contributed by atoms with Crippen LogP contribution in [0, 0.1) is 12.8 Å². The summed E-state index contributed by atoms with van der Waals surface area (Å²) >= 11 is 0. The van der Waals surface area contributed by atoms with Crippen molar-refractivity contribution in [3.8, 4) is 0 Å². The van der Waals surface area contributed by atoms with Crippen molar-refractivity contribution < 1.29 is 4.74 Å². The molecule has 0 unspecified atom stereocenters. The van der Waals surface area contributed by atoms with Crippen LogP contribution in [0.1, 0.15) is 37.7 Å². The van der Waals surface area contributed by atoms with Gasteiger partial charge in [0.2, 0.25) is 0 Å². The van der Waals surface area contributed by atoms with Gasteiger partial charge < -0.3 is 4.74 Å². The minimum Gasteiger partial charge on any atom is -0.381 e. The fraction of sp³-hybridized carbons (Fsp3) is 0.692. The SMILES string of the molecule is Cc1c(CC2COC2)ncnc1C(C)(C)C. The molecule has 1 fully saturated rings. The highest BCUT2D eigenvalue weighted by Crippen LogP contribution is 2.26. The second-order valence-corrected chi connectivity index (χ2v) is 5.65. The Balaban J connectivity index is 2.25. The van der Waals surface area contributed by atoms with Crippen molar-refractivity contribution in [2.75, 3.05) is 13.2 Å². The minimum atomic E-state index is 0.0951. The van der Waals surface area contributed by atoms with Gasteiger partial charge in [0, 0.05) is 17.0 Å². The Labute approximate surface area is 97.3 Å². The average molecular weight is 220 g/mol. The van der Waals surface area contributed by atoms with Crippen LogP contribution < -0.4 is 0 Å². The first-order valence-corrected chi connectivity index (χ1v) is 5.87. The molecule has 88 valence electrons. The highest BCUT2D eigenvalue weighted by atomic mass is 16.5. The van der Waals surface area contributed by atoms with Gasteiger partial charge in [-0.2, -0.15) is 0 Å². The third-order valence-electron chi connectivity index (χ3n) is 3.09. The van der Waals surface area contributed by atoms with Gasteiger partial charge in [-0.1, -0.05) is 20.8 Å². The van der Waals surface area contributed by atoms with Crippen molar-refractivity contribution >= 4 is 0 Å². The second-order valence-electron chi connectivity index (χ2n) is 5.65. The molecule has 1 aromatic heterocycles. The molecule has 0 bridgehead atoms. The first-order chi connectivity index (χ1) is 7.48. The Bertz CT molecular complexity index is 378. The Morgan fingerprint density at radius 1 is 1.31 bits per heavy atom. The average Bonchev–Trinajstić information content (AvgIpc) is 2.11. The molecule has 0 atom stereocenters. The van der Waals surface area contributed by atoms with E-state index in [0.717, 1.165) is 25.3 Å². The Hall–Kier alpha value is -0.960. The summed E-state index contributed by atoms with van der Waals surface area (Å²) in [5, 5.41) is 0. The lowest BCUT2D eigenvalue weighted by Crippen LogP contribution is -2.30. The van der Waals surface area contributed by atoms with Crippen LogP contribution in [-0.4, -0.2) is 23.2 Å². The molecule has 1 aliphatic heterocycles. The van der Waals surface area contributed by atoms with E-state index in [1.807, 2.05) is 0 Å². The molecule has 0 saturated carbocycles. The van der Waals surface area contributed by atoms with E-state index in [9.17, 15) is 0 Å².